The van der Waals surface area contributed by atoms with Gasteiger partial charge < -0.3 is 14.6 Å². The molecule has 1 aromatic heterocycles. The Balaban J connectivity index is 2.20. The number of hydrogen-bond donors (Lipinski definition) is 1. The fraction of sp³-hybridized carbons (Fsp3) is 0.583. The second-order valence-corrected chi connectivity index (χ2v) is 4.21. The van der Waals surface area contributed by atoms with Crippen LogP contribution in [0.3, 0.4) is 0 Å². The van der Waals surface area contributed by atoms with Crippen LogP contribution in [-0.2, 0) is 9.53 Å². The first kappa shape index (κ1) is 16.5. The molecule has 0 unspecified atom stereocenters. The molecule has 4 nitrogen and oxygen atoms in total. The average Bonchev–Trinajstić information content (AvgIpc) is 2.90. The monoisotopic (exact) mass is 296 g/mol. The summed E-state index contributed by atoms with van der Waals surface area (Å²) in [6, 6.07) is 3.08. The minimum atomic E-state index is -4.16. The van der Waals surface area contributed by atoms with Crippen LogP contribution in [0.15, 0.2) is 24.5 Å². The molecule has 0 fully saturated rings. The van der Waals surface area contributed by atoms with E-state index in [9.17, 15) is 22.4 Å². The Labute approximate surface area is 113 Å². The summed E-state index contributed by atoms with van der Waals surface area (Å²) in [7, 11) is 0. The number of hydrogen-bond acceptors (Lipinski definition) is 2. The molecule has 0 spiro atoms. The lowest BCUT2D eigenvalue weighted by Gasteiger charge is -2.16. The molecule has 1 aromatic rings. The summed E-state index contributed by atoms with van der Waals surface area (Å²) in [6.45, 7) is 0.0189. The number of amides is 1. The van der Waals surface area contributed by atoms with Gasteiger partial charge >= 0.3 is 12.3 Å². The van der Waals surface area contributed by atoms with Crippen LogP contribution in [0.25, 0.3) is 0 Å². The van der Waals surface area contributed by atoms with Gasteiger partial charge in [0.2, 0.25) is 5.91 Å². The summed E-state index contributed by atoms with van der Waals surface area (Å²) in [5.41, 5.74) is 0. The standard InChI is InChI=1S/C12H16F4N2O2/c1-9(18-5-2-3-6-18)10(19)17-4-7-20-8-12(15,16)11(13)14/h2-3,5-6,9,11H,4,7-8H2,1H3,(H,17,19)/t9-/m1/s1. The Morgan fingerprint density at radius 1 is 1.35 bits per heavy atom. The van der Waals surface area contributed by atoms with Gasteiger partial charge in [0, 0.05) is 18.9 Å². The molecule has 1 N–H and O–H groups in total. The Morgan fingerprint density at radius 2 is 1.95 bits per heavy atom. The second kappa shape index (κ2) is 7.28. The molecule has 0 aliphatic heterocycles. The Kier molecular flexibility index (Phi) is 6.00. The van der Waals surface area contributed by atoms with E-state index in [0.29, 0.717) is 0 Å². The van der Waals surface area contributed by atoms with Gasteiger partial charge in [0.05, 0.1) is 6.61 Å². The molecule has 1 amide bonds. The molecule has 114 valence electrons. The molecule has 1 rings (SSSR count). The quantitative estimate of drug-likeness (QED) is 0.589. The van der Waals surface area contributed by atoms with Crippen molar-refractivity contribution in [2.45, 2.75) is 25.3 Å². The van der Waals surface area contributed by atoms with Gasteiger partial charge in [-0.15, -0.1) is 0 Å². The van der Waals surface area contributed by atoms with Crippen LogP contribution in [0.5, 0.6) is 0 Å². The lowest BCUT2D eigenvalue weighted by atomic mass is 10.3. The largest absolute Gasteiger partial charge is 0.373 e. The highest BCUT2D eigenvalue weighted by atomic mass is 19.3. The van der Waals surface area contributed by atoms with Crippen molar-refractivity contribution in [3.05, 3.63) is 24.5 Å². The zero-order chi connectivity index (χ0) is 15.2. The average molecular weight is 296 g/mol. The number of halogens is 4. The molecule has 1 atom stereocenters. The highest BCUT2D eigenvalue weighted by Crippen LogP contribution is 2.22. The maximum absolute atomic E-state index is 12.5. The van der Waals surface area contributed by atoms with Crippen LogP contribution in [0.4, 0.5) is 17.6 Å². The lowest BCUT2D eigenvalue weighted by Crippen LogP contribution is -2.36. The number of nitrogens with zero attached hydrogens (tertiary/aromatic N) is 1. The van der Waals surface area contributed by atoms with E-state index in [0.717, 1.165) is 0 Å². The van der Waals surface area contributed by atoms with Gasteiger partial charge in [-0.3, -0.25) is 4.79 Å². The van der Waals surface area contributed by atoms with Gasteiger partial charge in [-0.25, -0.2) is 8.78 Å². The number of ether oxygens (including phenoxy) is 1. The van der Waals surface area contributed by atoms with E-state index in [-0.39, 0.29) is 19.1 Å². The first-order valence-electron chi connectivity index (χ1n) is 5.98. The zero-order valence-electron chi connectivity index (χ0n) is 10.9. The number of nitrogens with one attached hydrogen (secondary N) is 1. The van der Waals surface area contributed by atoms with Gasteiger partial charge in [-0.05, 0) is 19.1 Å². The van der Waals surface area contributed by atoms with Crippen molar-refractivity contribution in [3.8, 4) is 0 Å². The van der Waals surface area contributed by atoms with Crippen molar-refractivity contribution in [3.63, 3.8) is 0 Å². The highest BCUT2D eigenvalue weighted by molar-refractivity contribution is 5.79. The second-order valence-electron chi connectivity index (χ2n) is 4.21. The summed E-state index contributed by atoms with van der Waals surface area (Å²) in [5, 5.41) is 2.47. The number of rotatable bonds is 8. The predicted octanol–water partition coefficient (Wildman–Crippen LogP) is 2.08. The van der Waals surface area contributed by atoms with E-state index in [1.165, 1.54) is 0 Å². The summed E-state index contributed by atoms with van der Waals surface area (Å²) in [5.74, 6) is -4.48. The van der Waals surface area contributed by atoms with Crippen LogP contribution in [0.1, 0.15) is 13.0 Å². The molecule has 0 aliphatic rings. The van der Waals surface area contributed by atoms with Crippen molar-refractivity contribution in [2.24, 2.45) is 0 Å². The molecule has 1 heterocycles. The molecule has 0 saturated heterocycles. The van der Waals surface area contributed by atoms with Gasteiger partial charge in [-0.2, -0.15) is 8.78 Å². The molecule has 0 radical (unpaired) electrons. The molecule has 0 aliphatic carbocycles. The van der Waals surface area contributed by atoms with E-state index >= 15 is 0 Å². The van der Waals surface area contributed by atoms with Crippen molar-refractivity contribution in [1.29, 1.82) is 0 Å². The smallest absolute Gasteiger partial charge is 0.330 e. The Morgan fingerprint density at radius 3 is 2.50 bits per heavy atom. The Hall–Kier alpha value is -1.57. The van der Waals surface area contributed by atoms with Crippen molar-refractivity contribution < 1.29 is 27.1 Å². The van der Waals surface area contributed by atoms with E-state index < -0.39 is 25.0 Å². The topological polar surface area (TPSA) is 43.3 Å². The molecule has 0 saturated carbocycles. The number of carbonyl (C=O) groups is 1. The molecule has 8 heteroatoms. The van der Waals surface area contributed by atoms with Gasteiger partial charge in [0.25, 0.3) is 0 Å². The third kappa shape index (κ3) is 4.84. The van der Waals surface area contributed by atoms with Crippen molar-refractivity contribution in [2.75, 3.05) is 19.8 Å². The van der Waals surface area contributed by atoms with Crippen LogP contribution in [0, 0.1) is 0 Å². The summed E-state index contributed by atoms with van der Waals surface area (Å²) < 4.78 is 54.7. The number of carbonyl (C=O) groups excluding carboxylic acids is 1. The van der Waals surface area contributed by atoms with Crippen LogP contribution < -0.4 is 5.32 Å². The fourth-order valence-corrected chi connectivity index (χ4v) is 1.41. The number of aromatic nitrogens is 1. The van der Waals surface area contributed by atoms with E-state index in [1.807, 2.05) is 0 Å². The molecule has 0 aromatic carbocycles. The minimum Gasteiger partial charge on any atom is -0.373 e. The predicted molar refractivity (Wildman–Crippen MR) is 63.9 cm³/mol. The maximum atomic E-state index is 12.5. The molecular weight excluding hydrogens is 280 g/mol. The van der Waals surface area contributed by atoms with Crippen LogP contribution in [-0.4, -0.2) is 42.6 Å². The third-order valence-corrected chi connectivity index (χ3v) is 2.61. The van der Waals surface area contributed by atoms with E-state index in [2.05, 4.69) is 10.1 Å². The van der Waals surface area contributed by atoms with Gasteiger partial charge in [0.1, 0.15) is 12.6 Å². The lowest BCUT2D eigenvalue weighted by molar-refractivity contribution is -0.165. The Bertz CT molecular complexity index is 410. The first-order chi connectivity index (χ1) is 9.34. The normalized spacial score (nSPS) is 13.5. The fourth-order valence-electron chi connectivity index (χ4n) is 1.41. The van der Waals surface area contributed by atoms with Crippen molar-refractivity contribution in [1.82, 2.24) is 9.88 Å². The summed E-state index contributed by atoms with van der Waals surface area (Å²) in [6.07, 6.45) is -0.334. The van der Waals surface area contributed by atoms with Crippen molar-refractivity contribution >= 4 is 5.91 Å². The highest BCUT2D eigenvalue weighted by Gasteiger charge is 2.40. The molecule has 0 bridgehead atoms. The van der Waals surface area contributed by atoms with Crippen LogP contribution in [0.2, 0.25) is 0 Å². The SMILES string of the molecule is C[C@H](C(=O)NCCOCC(F)(F)C(F)F)n1cccc1. The zero-order valence-corrected chi connectivity index (χ0v) is 10.9. The molecule has 20 heavy (non-hydrogen) atoms. The first-order valence-corrected chi connectivity index (χ1v) is 5.98. The number of alkyl halides is 4. The minimum absolute atomic E-state index is 0.0240. The van der Waals surface area contributed by atoms with Gasteiger partial charge in [0.15, 0.2) is 0 Å². The van der Waals surface area contributed by atoms with Gasteiger partial charge in [-0.1, -0.05) is 0 Å². The maximum Gasteiger partial charge on any atom is 0.330 e. The third-order valence-electron chi connectivity index (χ3n) is 2.61. The molecular formula is C12H16F4N2O2. The van der Waals surface area contributed by atoms with E-state index in [4.69, 9.17) is 0 Å². The summed E-state index contributed by atoms with van der Waals surface area (Å²) in [4.78, 5) is 11.7. The summed E-state index contributed by atoms with van der Waals surface area (Å²) >= 11 is 0. The van der Waals surface area contributed by atoms with E-state index in [1.54, 1.807) is 36.0 Å². The van der Waals surface area contributed by atoms with Crippen LogP contribution >= 0.6 is 0 Å².